The molecular weight excluding hydrogens is 454 g/mol. The van der Waals surface area contributed by atoms with Gasteiger partial charge in [-0.05, 0) is 77.7 Å². The summed E-state index contributed by atoms with van der Waals surface area (Å²) in [6, 6.07) is 9.33. The van der Waals surface area contributed by atoms with Gasteiger partial charge in [0.25, 0.3) is 5.91 Å². The van der Waals surface area contributed by atoms with Crippen molar-refractivity contribution in [2.45, 2.75) is 33.2 Å². The van der Waals surface area contributed by atoms with E-state index < -0.39 is 0 Å². The van der Waals surface area contributed by atoms with Gasteiger partial charge in [-0.15, -0.1) is 0 Å². The Morgan fingerprint density at radius 3 is 2.56 bits per heavy atom. The molecule has 0 fully saturated rings. The normalized spacial score (nSPS) is 11.0. The summed E-state index contributed by atoms with van der Waals surface area (Å²) in [6.07, 6.45) is 4.53. The van der Waals surface area contributed by atoms with Crippen molar-refractivity contribution < 1.29 is 9.53 Å². The number of rotatable bonds is 11. The molecule has 3 aromatic rings. The molecule has 2 aromatic heterocycles. The zero-order valence-corrected chi connectivity index (χ0v) is 22.3. The van der Waals surface area contributed by atoms with E-state index in [0.717, 1.165) is 36.3 Å². The zero-order chi connectivity index (χ0) is 26.2. The second-order valence-corrected chi connectivity index (χ2v) is 9.35. The first-order valence-corrected chi connectivity index (χ1v) is 12.1. The summed E-state index contributed by atoms with van der Waals surface area (Å²) in [5.41, 5.74) is 3.81. The Kier molecular flexibility index (Phi) is 9.19. The molecule has 0 atom stereocenters. The van der Waals surface area contributed by atoms with Gasteiger partial charge >= 0.3 is 0 Å². The topological polar surface area (TPSA) is 95.5 Å². The van der Waals surface area contributed by atoms with E-state index in [4.69, 9.17) is 4.74 Å². The van der Waals surface area contributed by atoms with Gasteiger partial charge in [-0.3, -0.25) is 4.79 Å². The van der Waals surface area contributed by atoms with E-state index in [1.54, 1.807) is 31.6 Å². The van der Waals surface area contributed by atoms with E-state index in [0.29, 0.717) is 28.8 Å². The van der Waals surface area contributed by atoms with Crippen molar-refractivity contribution in [1.29, 1.82) is 0 Å². The van der Waals surface area contributed by atoms with E-state index in [1.165, 1.54) is 0 Å². The van der Waals surface area contributed by atoms with Crippen LogP contribution in [0.25, 0.3) is 11.3 Å². The van der Waals surface area contributed by atoms with Crippen LogP contribution in [0.15, 0.2) is 42.7 Å². The minimum atomic E-state index is -0.146. The number of anilines is 2. The Bertz CT molecular complexity index is 1180. The van der Waals surface area contributed by atoms with Crippen LogP contribution in [-0.4, -0.2) is 73.1 Å². The zero-order valence-electron chi connectivity index (χ0n) is 22.3. The summed E-state index contributed by atoms with van der Waals surface area (Å²) in [5, 5.41) is 5.90. The van der Waals surface area contributed by atoms with E-state index in [-0.39, 0.29) is 11.9 Å². The van der Waals surface area contributed by atoms with Crippen LogP contribution in [0.2, 0.25) is 0 Å². The number of ether oxygens (including phenoxy) is 1. The van der Waals surface area contributed by atoms with Crippen LogP contribution in [0.4, 0.5) is 11.6 Å². The SMILES string of the molecule is CNc1nccc(-c2cc(N(C)CCCN(C)C)cnc2Oc2cc(C(=O)NC(C)C)ccc2C)n1. The van der Waals surface area contributed by atoms with E-state index in [2.05, 4.69) is 56.5 Å². The van der Waals surface area contributed by atoms with Gasteiger partial charge < -0.3 is 25.2 Å². The molecule has 2 heterocycles. The van der Waals surface area contributed by atoms with E-state index >= 15 is 0 Å². The van der Waals surface area contributed by atoms with Gasteiger partial charge in [0.15, 0.2) is 0 Å². The molecule has 0 spiro atoms. The molecule has 0 aliphatic rings. The van der Waals surface area contributed by atoms with Gasteiger partial charge in [0.05, 0.1) is 23.1 Å². The third-order valence-corrected chi connectivity index (χ3v) is 5.61. The quantitative estimate of drug-likeness (QED) is 0.412. The Hall–Kier alpha value is -3.72. The molecule has 0 saturated heterocycles. The summed E-state index contributed by atoms with van der Waals surface area (Å²) in [4.78, 5) is 30.4. The highest BCUT2D eigenvalue weighted by Gasteiger charge is 2.17. The fraction of sp³-hybridized carbons (Fsp3) is 0.407. The molecule has 0 bridgehead atoms. The molecule has 0 aliphatic heterocycles. The van der Waals surface area contributed by atoms with Gasteiger partial charge in [0.2, 0.25) is 11.8 Å². The van der Waals surface area contributed by atoms with Crippen LogP contribution in [0.3, 0.4) is 0 Å². The number of benzene rings is 1. The third-order valence-electron chi connectivity index (χ3n) is 5.61. The van der Waals surface area contributed by atoms with Crippen molar-refractivity contribution in [1.82, 2.24) is 25.2 Å². The van der Waals surface area contributed by atoms with Crippen LogP contribution in [-0.2, 0) is 0 Å². The summed E-state index contributed by atoms with van der Waals surface area (Å²) in [7, 11) is 7.98. The molecule has 36 heavy (non-hydrogen) atoms. The predicted molar refractivity (Wildman–Crippen MR) is 145 cm³/mol. The number of hydrogen-bond donors (Lipinski definition) is 2. The second kappa shape index (κ2) is 12.3. The average Bonchev–Trinajstić information content (AvgIpc) is 2.84. The number of nitrogens with zero attached hydrogens (tertiary/aromatic N) is 5. The van der Waals surface area contributed by atoms with Crippen molar-refractivity contribution in [2.75, 3.05) is 51.5 Å². The highest BCUT2D eigenvalue weighted by atomic mass is 16.5. The van der Waals surface area contributed by atoms with E-state index in [1.807, 2.05) is 39.0 Å². The maximum absolute atomic E-state index is 12.6. The van der Waals surface area contributed by atoms with Crippen molar-refractivity contribution in [3.8, 4) is 22.9 Å². The number of aromatic nitrogens is 3. The minimum Gasteiger partial charge on any atom is -0.438 e. The number of nitrogens with one attached hydrogen (secondary N) is 2. The van der Waals surface area contributed by atoms with Gasteiger partial charge in [0.1, 0.15) is 5.75 Å². The molecule has 9 nitrogen and oxygen atoms in total. The fourth-order valence-corrected chi connectivity index (χ4v) is 3.60. The molecule has 0 radical (unpaired) electrons. The molecule has 0 saturated carbocycles. The highest BCUT2D eigenvalue weighted by molar-refractivity contribution is 5.94. The Balaban J connectivity index is 1.98. The minimum absolute atomic E-state index is 0.0397. The molecule has 0 unspecified atom stereocenters. The van der Waals surface area contributed by atoms with Crippen LogP contribution in [0, 0.1) is 6.92 Å². The maximum Gasteiger partial charge on any atom is 0.251 e. The smallest absolute Gasteiger partial charge is 0.251 e. The highest BCUT2D eigenvalue weighted by Crippen LogP contribution is 2.35. The average molecular weight is 492 g/mol. The molecule has 192 valence electrons. The lowest BCUT2D eigenvalue weighted by molar-refractivity contribution is 0.0943. The number of carbonyl (C=O) groups excluding carboxylic acids is 1. The van der Waals surface area contributed by atoms with Crippen LogP contribution in [0.1, 0.15) is 36.2 Å². The molecule has 1 amide bonds. The second-order valence-electron chi connectivity index (χ2n) is 9.35. The molecule has 1 aromatic carbocycles. The first-order chi connectivity index (χ1) is 17.2. The van der Waals surface area contributed by atoms with Gasteiger partial charge in [-0.25, -0.2) is 15.0 Å². The summed E-state index contributed by atoms with van der Waals surface area (Å²) < 4.78 is 6.31. The summed E-state index contributed by atoms with van der Waals surface area (Å²) in [6.45, 7) is 7.69. The Morgan fingerprint density at radius 2 is 1.86 bits per heavy atom. The Labute approximate surface area is 213 Å². The number of amides is 1. The van der Waals surface area contributed by atoms with Crippen molar-refractivity contribution in [3.63, 3.8) is 0 Å². The van der Waals surface area contributed by atoms with Crippen LogP contribution < -0.4 is 20.3 Å². The van der Waals surface area contributed by atoms with Gasteiger partial charge in [0, 0.05) is 38.4 Å². The maximum atomic E-state index is 12.6. The molecule has 9 heteroatoms. The van der Waals surface area contributed by atoms with Gasteiger partial charge in [-0.1, -0.05) is 6.07 Å². The number of pyridine rings is 1. The largest absolute Gasteiger partial charge is 0.438 e. The molecule has 3 rings (SSSR count). The standard InChI is InChI=1S/C27H37N7O2/c1-18(2)31-25(35)20-10-9-19(3)24(15-20)36-26-22(23-11-12-29-27(28-4)32-23)16-21(17-30-26)34(7)14-8-13-33(5)6/h9-12,15-18H,8,13-14H2,1-7H3,(H,31,35)(H,28,29,32). The lowest BCUT2D eigenvalue weighted by Gasteiger charge is -2.22. The van der Waals surface area contributed by atoms with Crippen LogP contribution in [0.5, 0.6) is 11.6 Å². The van der Waals surface area contributed by atoms with E-state index in [9.17, 15) is 4.79 Å². The fourth-order valence-electron chi connectivity index (χ4n) is 3.60. The number of carbonyl (C=O) groups is 1. The van der Waals surface area contributed by atoms with Crippen molar-refractivity contribution in [2.24, 2.45) is 0 Å². The first kappa shape index (κ1) is 26.9. The number of aryl methyl sites for hydroxylation is 1. The van der Waals surface area contributed by atoms with Crippen LogP contribution >= 0.6 is 0 Å². The third kappa shape index (κ3) is 7.14. The monoisotopic (exact) mass is 491 g/mol. The first-order valence-electron chi connectivity index (χ1n) is 12.1. The Morgan fingerprint density at radius 1 is 1.08 bits per heavy atom. The van der Waals surface area contributed by atoms with Crippen molar-refractivity contribution in [3.05, 3.63) is 53.9 Å². The number of hydrogen-bond acceptors (Lipinski definition) is 8. The van der Waals surface area contributed by atoms with Crippen molar-refractivity contribution >= 4 is 17.5 Å². The molecular formula is C27H37N7O2. The molecule has 0 aliphatic carbocycles. The summed E-state index contributed by atoms with van der Waals surface area (Å²) >= 11 is 0. The lowest BCUT2D eigenvalue weighted by Crippen LogP contribution is -2.30. The lowest BCUT2D eigenvalue weighted by atomic mass is 10.1. The van der Waals surface area contributed by atoms with Gasteiger partial charge in [-0.2, -0.15) is 0 Å². The summed E-state index contributed by atoms with van der Waals surface area (Å²) in [5.74, 6) is 1.33. The predicted octanol–water partition coefficient (Wildman–Crippen LogP) is 4.21. The molecule has 2 N–H and O–H groups in total.